The van der Waals surface area contributed by atoms with E-state index in [1.807, 2.05) is 30.3 Å². The van der Waals surface area contributed by atoms with Crippen molar-refractivity contribution in [2.75, 3.05) is 18.8 Å². The first kappa shape index (κ1) is 21.9. The highest BCUT2D eigenvalue weighted by Gasteiger charge is 2.22. The Hall–Kier alpha value is -3.92. The summed E-state index contributed by atoms with van der Waals surface area (Å²) in [6.07, 6.45) is 1.71. The van der Waals surface area contributed by atoms with E-state index in [9.17, 15) is 13.2 Å². The number of pyridine rings is 1. The van der Waals surface area contributed by atoms with Crippen molar-refractivity contribution in [3.05, 3.63) is 66.4 Å². The normalized spacial score (nSPS) is 13.9. The van der Waals surface area contributed by atoms with Crippen LogP contribution >= 0.6 is 0 Å². The molecule has 0 radical (unpaired) electrons. The van der Waals surface area contributed by atoms with E-state index in [4.69, 9.17) is 4.74 Å². The minimum atomic E-state index is -3.30. The van der Waals surface area contributed by atoms with Crippen molar-refractivity contribution >= 4 is 26.9 Å². The van der Waals surface area contributed by atoms with Gasteiger partial charge in [-0.2, -0.15) is 0 Å². The first-order valence-corrected chi connectivity index (χ1v) is 12.6. The molecule has 1 fully saturated rings. The minimum Gasteiger partial charge on any atom is -0.457 e. The Morgan fingerprint density at radius 2 is 1.94 bits per heavy atom. The van der Waals surface area contributed by atoms with Gasteiger partial charge in [0.25, 0.3) is 0 Å². The van der Waals surface area contributed by atoms with Crippen LogP contribution in [-0.2, 0) is 16.4 Å². The monoisotopic (exact) mass is 477 g/mol. The second-order valence-electron chi connectivity index (χ2n) is 7.91. The lowest BCUT2D eigenvalue weighted by Crippen LogP contribution is -2.27. The Morgan fingerprint density at radius 1 is 1.12 bits per heavy atom. The number of ether oxygens (including phenoxy) is 1. The molecule has 2 aromatic heterocycles. The molecule has 1 aliphatic heterocycles. The standard InChI is InChI=1S/C24H23N5O4S/c1-2-34(31,32)18-8-6-17(7-9-18)33-22-14-21-20(13-16(22)15-29-12-11-26-24(29)30)27-23(28-21)19-5-3-4-10-25-19/h3-10,13-14H,2,11-12,15H2,1H3,(H,26,30)(H,27,28). The van der Waals surface area contributed by atoms with Crippen LogP contribution in [0.5, 0.6) is 11.5 Å². The van der Waals surface area contributed by atoms with Gasteiger partial charge < -0.3 is 19.9 Å². The van der Waals surface area contributed by atoms with E-state index in [0.717, 1.165) is 16.8 Å². The zero-order chi connectivity index (χ0) is 23.7. The third kappa shape index (κ3) is 4.32. The molecule has 0 unspecified atom stereocenters. The lowest BCUT2D eigenvalue weighted by molar-refractivity contribution is 0.215. The van der Waals surface area contributed by atoms with Crippen molar-refractivity contribution in [3.63, 3.8) is 0 Å². The number of hydrogen-bond donors (Lipinski definition) is 2. The average molecular weight is 478 g/mol. The fourth-order valence-corrected chi connectivity index (χ4v) is 4.69. The topological polar surface area (TPSA) is 117 Å². The van der Waals surface area contributed by atoms with Crippen LogP contribution < -0.4 is 10.1 Å². The van der Waals surface area contributed by atoms with Gasteiger partial charge in [-0.25, -0.2) is 18.2 Å². The summed E-state index contributed by atoms with van der Waals surface area (Å²) in [7, 11) is -3.30. The number of sulfone groups is 1. The highest BCUT2D eigenvalue weighted by Crippen LogP contribution is 2.32. The Kier molecular flexibility index (Phi) is 5.66. The number of amides is 2. The zero-order valence-electron chi connectivity index (χ0n) is 18.5. The quantitative estimate of drug-likeness (QED) is 0.419. The molecule has 0 spiro atoms. The maximum Gasteiger partial charge on any atom is 0.317 e. The van der Waals surface area contributed by atoms with Crippen LogP contribution in [-0.4, -0.2) is 53.1 Å². The third-order valence-corrected chi connectivity index (χ3v) is 7.42. The van der Waals surface area contributed by atoms with E-state index in [1.165, 1.54) is 12.1 Å². The summed E-state index contributed by atoms with van der Waals surface area (Å²) in [5, 5.41) is 2.81. The third-order valence-electron chi connectivity index (χ3n) is 5.67. The molecule has 34 heavy (non-hydrogen) atoms. The van der Waals surface area contributed by atoms with Crippen LogP contribution in [0.2, 0.25) is 0 Å². The van der Waals surface area contributed by atoms with Gasteiger partial charge in [-0.05, 0) is 42.5 Å². The van der Waals surface area contributed by atoms with Crippen molar-refractivity contribution in [1.82, 2.24) is 25.2 Å². The molecule has 2 amide bonds. The van der Waals surface area contributed by atoms with Crippen molar-refractivity contribution < 1.29 is 17.9 Å². The molecular formula is C24H23N5O4S. The number of urea groups is 1. The van der Waals surface area contributed by atoms with Crippen molar-refractivity contribution in [1.29, 1.82) is 0 Å². The molecule has 0 aliphatic carbocycles. The Balaban J connectivity index is 1.52. The lowest BCUT2D eigenvalue weighted by Gasteiger charge is -2.17. The van der Waals surface area contributed by atoms with Crippen LogP contribution in [0.3, 0.4) is 0 Å². The number of aromatic nitrogens is 3. The molecule has 0 atom stereocenters. The number of fused-ring (bicyclic) bond motifs is 1. The highest BCUT2D eigenvalue weighted by molar-refractivity contribution is 7.91. The van der Waals surface area contributed by atoms with Gasteiger partial charge in [-0.1, -0.05) is 13.0 Å². The van der Waals surface area contributed by atoms with Crippen molar-refractivity contribution in [3.8, 4) is 23.0 Å². The molecule has 174 valence electrons. The largest absolute Gasteiger partial charge is 0.457 e. The summed E-state index contributed by atoms with van der Waals surface area (Å²) in [6, 6.07) is 15.5. The average Bonchev–Trinajstić information content (AvgIpc) is 3.45. The molecule has 4 aromatic rings. The number of nitrogens with zero attached hydrogens (tertiary/aromatic N) is 3. The highest BCUT2D eigenvalue weighted by atomic mass is 32.2. The van der Waals surface area contributed by atoms with E-state index in [-0.39, 0.29) is 16.7 Å². The maximum atomic E-state index is 12.1. The minimum absolute atomic E-state index is 0.0314. The van der Waals surface area contributed by atoms with Crippen LogP contribution in [0.15, 0.2) is 65.7 Å². The Morgan fingerprint density at radius 3 is 2.62 bits per heavy atom. The number of hydrogen-bond acceptors (Lipinski definition) is 6. The second kappa shape index (κ2) is 8.79. The van der Waals surface area contributed by atoms with Crippen molar-refractivity contribution in [2.24, 2.45) is 0 Å². The van der Waals surface area contributed by atoms with E-state index < -0.39 is 9.84 Å². The second-order valence-corrected chi connectivity index (χ2v) is 10.2. The predicted octanol–water partition coefficient (Wildman–Crippen LogP) is 3.74. The molecule has 0 bridgehead atoms. The summed E-state index contributed by atoms with van der Waals surface area (Å²) in [5.41, 5.74) is 3.00. The number of carbonyl (C=O) groups is 1. The first-order chi connectivity index (χ1) is 16.4. The molecule has 2 aromatic carbocycles. The number of imidazole rings is 1. The van der Waals surface area contributed by atoms with Crippen LogP contribution in [0.1, 0.15) is 12.5 Å². The van der Waals surface area contributed by atoms with Gasteiger partial charge in [0.05, 0.1) is 28.2 Å². The van der Waals surface area contributed by atoms with E-state index in [0.29, 0.717) is 42.5 Å². The molecule has 1 saturated heterocycles. The number of rotatable bonds is 7. The number of H-pyrrole nitrogens is 1. The summed E-state index contributed by atoms with van der Waals surface area (Å²) < 4.78 is 30.4. The number of benzene rings is 2. The number of aromatic amines is 1. The smallest absolute Gasteiger partial charge is 0.317 e. The molecule has 0 saturated carbocycles. The fraction of sp³-hybridized carbons (Fsp3) is 0.208. The SMILES string of the molecule is CCS(=O)(=O)c1ccc(Oc2cc3nc(-c4ccccn4)[nH]c3cc2CN2CCNC2=O)cc1. The van der Waals surface area contributed by atoms with E-state index in [2.05, 4.69) is 20.3 Å². The molecule has 5 rings (SSSR count). The van der Waals surface area contributed by atoms with Gasteiger partial charge in [0.2, 0.25) is 0 Å². The van der Waals surface area contributed by atoms with Crippen LogP contribution in [0.25, 0.3) is 22.6 Å². The van der Waals surface area contributed by atoms with Gasteiger partial charge >= 0.3 is 6.03 Å². The molecule has 1 aliphatic rings. The first-order valence-electron chi connectivity index (χ1n) is 10.9. The summed E-state index contributed by atoms with van der Waals surface area (Å²) in [5.74, 6) is 1.69. The van der Waals surface area contributed by atoms with Crippen LogP contribution in [0.4, 0.5) is 4.79 Å². The van der Waals surface area contributed by atoms with Gasteiger partial charge in [-0.3, -0.25) is 4.98 Å². The Labute approximate surface area is 196 Å². The Bertz CT molecular complexity index is 1450. The summed E-state index contributed by atoms with van der Waals surface area (Å²) in [6.45, 7) is 3.16. The van der Waals surface area contributed by atoms with Gasteiger partial charge in [0.1, 0.15) is 17.2 Å². The van der Waals surface area contributed by atoms with Crippen molar-refractivity contribution in [2.45, 2.75) is 18.4 Å². The summed E-state index contributed by atoms with van der Waals surface area (Å²) in [4.78, 5) is 26.4. The van der Waals surface area contributed by atoms with E-state index in [1.54, 1.807) is 30.2 Å². The van der Waals surface area contributed by atoms with Gasteiger partial charge in [-0.15, -0.1) is 0 Å². The van der Waals surface area contributed by atoms with Gasteiger partial charge in [0, 0.05) is 30.9 Å². The van der Waals surface area contributed by atoms with E-state index >= 15 is 0 Å². The number of carbonyl (C=O) groups excluding carboxylic acids is 1. The molecule has 3 heterocycles. The molecular weight excluding hydrogens is 454 g/mol. The zero-order valence-corrected chi connectivity index (χ0v) is 19.3. The maximum absolute atomic E-state index is 12.1. The number of nitrogens with one attached hydrogen (secondary N) is 2. The fourth-order valence-electron chi connectivity index (χ4n) is 3.80. The van der Waals surface area contributed by atoms with Gasteiger partial charge in [0.15, 0.2) is 15.7 Å². The molecule has 2 N–H and O–H groups in total. The predicted molar refractivity (Wildman–Crippen MR) is 127 cm³/mol. The molecule has 9 nitrogen and oxygen atoms in total. The molecule has 10 heteroatoms. The summed E-state index contributed by atoms with van der Waals surface area (Å²) >= 11 is 0. The van der Waals surface area contributed by atoms with Crippen LogP contribution in [0, 0.1) is 0 Å². The lowest BCUT2D eigenvalue weighted by atomic mass is 10.1.